The molecule has 2 atom stereocenters. The molecule has 1 aromatic carbocycles. The molecule has 0 saturated carbocycles. The summed E-state index contributed by atoms with van der Waals surface area (Å²) >= 11 is 0. The van der Waals surface area contributed by atoms with E-state index >= 15 is 0 Å². The van der Waals surface area contributed by atoms with Crippen molar-refractivity contribution in [3.63, 3.8) is 0 Å². The molecule has 0 bridgehead atoms. The van der Waals surface area contributed by atoms with Gasteiger partial charge >= 0.3 is 0 Å². The van der Waals surface area contributed by atoms with Crippen LogP contribution in [0.25, 0.3) is 0 Å². The van der Waals surface area contributed by atoms with Crippen LogP contribution in [0.3, 0.4) is 0 Å². The van der Waals surface area contributed by atoms with E-state index < -0.39 is 0 Å². The number of rotatable bonds is 3. The molecule has 1 aromatic rings. The minimum Gasteiger partial charge on any atom is -0.396 e. The largest absolute Gasteiger partial charge is 0.396 e. The average Bonchev–Trinajstić information content (AvgIpc) is 2.44. The van der Waals surface area contributed by atoms with Crippen molar-refractivity contribution in [1.82, 2.24) is 4.90 Å². The maximum Gasteiger partial charge on any atom is 0.0992 e. The van der Waals surface area contributed by atoms with Gasteiger partial charge in [-0.25, -0.2) is 0 Å². The Morgan fingerprint density at radius 2 is 2.21 bits per heavy atom. The number of hydrogen-bond donors (Lipinski definition) is 1. The van der Waals surface area contributed by atoms with E-state index in [0.717, 1.165) is 25.2 Å². The van der Waals surface area contributed by atoms with Crippen molar-refractivity contribution in [3.05, 3.63) is 29.8 Å². The number of hydrogen-bond acceptors (Lipinski definition) is 4. The van der Waals surface area contributed by atoms with Crippen LogP contribution in [0.4, 0.5) is 5.69 Å². The summed E-state index contributed by atoms with van der Waals surface area (Å²) in [6.07, 6.45) is 0.787. The second-order valence-corrected chi connectivity index (χ2v) is 5.25. The third-order valence-corrected chi connectivity index (χ3v) is 3.99. The quantitative estimate of drug-likeness (QED) is 0.892. The van der Waals surface area contributed by atoms with Gasteiger partial charge in [0.2, 0.25) is 0 Å². The van der Waals surface area contributed by atoms with Crippen LogP contribution in [0.5, 0.6) is 0 Å². The Labute approximate surface area is 114 Å². The molecule has 0 radical (unpaired) electrons. The monoisotopic (exact) mass is 259 g/mol. The van der Waals surface area contributed by atoms with Crippen molar-refractivity contribution in [2.45, 2.75) is 25.4 Å². The topological polar surface area (TPSA) is 50.5 Å². The van der Waals surface area contributed by atoms with Crippen LogP contribution < -0.4 is 4.90 Å². The molecular weight excluding hydrogens is 238 g/mol. The summed E-state index contributed by atoms with van der Waals surface area (Å²) < 4.78 is 0. The molecule has 0 amide bonds. The van der Waals surface area contributed by atoms with Crippen molar-refractivity contribution in [2.24, 2.45) is 0 Å². The van der Waals surface area contributed by atoms with Crippen LogP contribution in [0.2, 0.25) is 0 Å². The van der Waals surface area contributed by atoms with E-state index in [1.807, 2.05) is 18.2 Å². The lowest BCUT2D eigenvalue weighted by atomic mass is 10.0. The fraction of sp³-hybridized carbons (Fsp3) is 0.533. The summed E-state index contributed by atoms with van der Waals surface area (Å²) in [5, 5.41) is 18.2. The molecule has 2 unspecified atom stereocenters. The van der Waals surface area contributed by atoms with Gasteiger partial charge in [-0.3, -0.25) is 4.90 Å². The van der Waals surface area contributed by atoms with Gasteiger partial charge in [-0.15, -0.1) is 0 Å². The second-order valence-electron chi connectivity index (χ2n) is 5.25. The van der Waals surface area contributed by atoms with Gasteiger partial charge in [0.05, 0.1) is 11.6 Å². The molecule has 19 heavy (non-hydrogen) atoms. The third kappa shape index (κ3) is 3.06. The van der Waals surface area contributed by atoms with E-state index in [9.17, 15) is 5.11 Å². The zero-order chi connectivity index (χ0) is 13.8. The summed E-state index contributed by atoms with van der Waals surface area (Å²) in [5.74, 6) is 0. The summed E-state index contributed by atoms with van der Waals surface area (Å²) in [4.78, 5) is 4.65. The lowest BCUT2D eigenvalue weighted by molar-refractivity contribution is 0.128. The molecule has 1 fully saturated rings. The number of benzene rings is 1. The molecule has 1 aliphatic heterocycles. The Hall–Kier alpha value is -1.57. The zero-order valence-corrected chi connectivity index (χ0v) is 11.6. The Morgan fingerprint density at radius 3 is 2.89 bits per heavy atom. The summed E-state index contributed by atoms with van der Waals surface area (Å²) in [6.45, 7) is 4.27. The maximum atomic E-state index is 9.17. The summed E-state index contributed by atoms with van der Waals surface area (Å²) in [7, 11) is 2.12. The number of aliphatic hydroxyl groups is 1. The fourth-order valence-corrected chi connectivity index (χ4v) is 2.69. The zero-order valence-electron chi connectivity index (χ0n) is 11.6. The van der Waals surface area contributed by atoms with Gasteiger partial charge in [0.25, 0.3) is 0 Å². The van der Waals surface area contributed by atoms with Gasteiger partial charge in [0.15, 0.2) is 0 Å². The number of nitrogens with zero attached hydrogens (tertiary/aromatic N) is 3. The van der Waals surface area contributed by atoms with Crippen molar-refractivity contribution < 1.29 is 5.11 Å². The first-order chi connectivity index (χ1) is 9.15. The number of piperazine rings is 1. The number of anilines is 1. The Bertz CT molecular complexity index is 469. The highest BCUT2D eigenvalue weighted by Crippen LogP contribution is 2.23. The standard InChI is InChI=1S/C15H21N3O/c1-12-10-18(11-15(6-7-19)17(12)2)14-5-3-4-13(8-14)9-16/h3-5,8,12,15,19H,6-7,10-11H2,1-2H3. The smallest absolute Gasteiger partial charge is 0.0992 e. The Morgan fingerprint density at radius 1 is 1.42 bits per heavy atom. The van der Waals surface area contributed by atoms with Crippen molar-refractivity contribution in [2.75, 3.05) is 31.6 Å². The SMILES string of the molecule is CC1CN(c2cccc(C#N)c2)CC(CCO)N1C. The molecular formula is C15H21N3O. The van der Waals surface area contributed by atoms with Crippen molar-refractivity contribution in [1.29, 1.82) is 5.26 Å². The van der Waals surface area contributed by atoms with Gasteiger partial charge in [-0.05, 0) is 38.6 Å². The normalized spacial score (nSPS) is 24.2. The van der Waals surface area contributed by atoms with Crippen LogP contribution in [0, 0.1) is 11.3 Å². The van der Waals surface area contributed by atoms with Crippen molar-refractivity contribution >= 4 is 5.69 Å². The highest BCUT2D eigenvalue weighted by Gasteiger charge is 2.29. The summed E-state index contributed by atoms with van der Waals surface area (Å²) in [6, 6.07) is 10.7. The molecule has 0 aromatic heterocycles. The fourth-order valence-electron chi connectivity index (χ4n) is 2.69. The summed E-state index contributed by atoms with van der Waals surface area (Å²) in [5.41, 5.74) is 1.80. The van der Waals surface area contributed by atoms with E-state index in [2.05, 4.69) is 35.9 Å². The van der Waals surface area contributed by atoms with Gasteiger partial charge in [-0.2, -0.15) is 5.26 Å². The highest BCUT2D eigenvalue weighted by atomic mass is 16.3. The maximum absolute atomic E-state index is 9.17. The van der Waals surface area contributed by atoms with E-state index in [0.29, 0.717) is 17.6 Å². The van der Waals surface area contributed by atoms with E-state index in [1.165, 1.54) is 0 Å². The molecule has 1 aliphatic rings. The molecule has 0 aliphatic carbocycles. The lowest BCUT2D eigenvalue weighted by Gasteiger charge is -2.44. The Kier molecular flexibility index (Phi) is 4.41. The number of aliphatic hydroxyl groups excluding tert-OH is 1. The van der Waals surface area contributed by atoms with E-state index in [-0.39, 0.29) is 6.61 Å². The molecule has 2 rings (SSSR count). The number of nitriles is 1. The third-order valence-electron chi connectivity index (χ3n) is 3.99. The van der Waals surface area contributed by atoms with Crippen molar-refractivity contribution in [3.8, 4) is 6.07 Å². The molecule has 0 spiro atoms. The minimum atomic E-state index is 0.216. The molecule has 1 saturated heterocycles. The van der Waals surface area contributed by atoms with Crippen LogP contribution in [0.1, 0.15) is 18.9 Å². The first kappa shape index (κ1) is 13.9. The molecule has 4 heteroatoms. The molecule has 1 heterocycles. The van der Waals surface area contributed by atoms with Crippen LogP contribution in [0.15, 0.2) is 24.3 Å². The molecule has 102 valence electrons. The van der Waals surface area contributed by atoms with Gasteiger partial charge < -0.3 is 10.0 Å². The number of likely N-dealkylation sites (N-methyl/N-ethyl adjacent to an activating group) is 1. The predicted octanol–water partition coefficient (Wildman–Crippen LogP) is 1.45. The molecule has 4 nitrogen and oxygen atoms in total. The second kappa shape index (κ2) is 6.05. The Balaban J connectivity index is 2.18. The van der Waals surface area contributed by atoms with E-state index in [1.54, 1.807) is 0 Å². The first-order valence-electron chi connectivity index (χ1n) is 6.73. The van der Waals surface area contributed by atoms with Crippen LogP contribution >= 0.6 is 0 Å². The van der Waals surface area contributed by atoms with Crippen LogP contribution in [-0.4, -0.2) is 48.8 Å². The van der Waals surface area contributed by atoms with Gasteiger partial charge in [0.1, 0.15) is 0 Å². The van der Waals surface area contributed by atoms with Crippen LogP contribution in [-0.2, 0) is 0 Å². The predicted molar refractivity (Wildman–Crippen MR) is 76.1 cm³/mol. The van der Waals surface area contributed by atoms with Gasteiger partial charge in [-0.1, -0.05) is 6.07 Å². The molecule has 1 N–H and O–H groups in total. The average molecular weight is 259 g/mol. The lowest BCUT2D eigenvalue weighted by Crippen LogP contribution is -2.56. The van der Waals surface area contributed by atoms with Gasteiger partial charge in [0, 0.05) is 37.5 Å². The highest BCUT2D eigenvalue weighted by molar-refractivity contribution is 5.52. The first-order valence-corrected chi connectivity index (χ1v) is 6.73. The minimum absolute atomic E-state index is 0.216. The van der Waals surface area contributed by atoms with E-state index in [4.69, 9.17) is 5.26 Å².